The fourth-order valence-corrected chi connectivity index (χ4v) is 1.93. The second-order valence-electron chi connectivity index (χ2n) is 4.61. The summed E-state index contributed by atoms with van der Waals surface area (Å²) < 4.78 is 5.57. The van der Waals surface area contributed by atoms with E-state index >= 15 is 0 Å². The lowest BCUT2D eigenvalue weighted by Crippen LogP contribution is -2.38. The Kier molecular flexibility index (Phi) is 4.98. The second-order valence-corrected chi connectivity index (χ2v) is 4.61. The summed E-state index contributed by atoms with van der Waals surface area (Å²) in [6.07, 6.45) is 2.64. The van der Waals surface area contributed by atoms with Crippen LogP contribution in [0.5, 0.6) is 5.75 Å². The van der Waals surface area contributed by atoms with Gasteiger partial charge < -0.3 is 15.4 Å². The van der Waals surface area contributed by atoms with Crippen molar-refractivity contribution >= 4 is 5.91 Å². The lowest BCUT2D eigenvalue weighted by Gasteiger charge is -2.17. The third kappa shape index (κ3) is 4.41. The molecule has 0 spiro atoms. The minimum absolute atomic E-state index is 0.0803. The number of carbonyl (C=O) groups is 1. The molecule has 0 fully saturated rings. The summed E-state index contributed by atoms with van der Waals surface area (Å²) in [5, 5.41) is 6.16. The molecule has 19 heavy (non-hydrogen) atoms. The van der Waals surface area contributed by atoms with Gasteiger partial charge in [0, 0.05) is 13.1 Å². The summed E-state index contributed by atoms with van der Waals surface area (Å²) in [7, 11) is 0. The third-order valence-corrected chi connectivity index (χ3v) is 3.07. The number of nitrogens with one attached hydrogen (secondary N) is 2. The number of para-hydroxylation sites is 1. The van der Waals surface area contributed by atoms with Gasteiger partial charge >= 0.3 is 0 Å². The molecule has 1 aromatic carbocycles. The molecule has 0 bridgehead atoms. The van der Waals surface area contributed by atoms with Crippen LogP contribution < -0.4 is 15.4 Å². The zero-order chi connectivity index (χ0) is 13.5. The zero-order valence-corrected chi connectivity index (χ0v) is 11.2. The number of amides is 1. The Morgan fingerprint density at radius 1 is 1.42 bits per heavy atom. The average molecular weight is 260 g/mol. The maximum absolute atomic E-state index is 11.9. The van der Waals surface area contributed by atoms with Crippen molar-refractivity contribution in [2.75, 3.05) is 19.6 Å². The van der Waals surface area contributed by atoms with E-state index in [9.17, 15) is 4.79 Å². The average Bonchev–Trinajstić information content (AvgIpc) is 2.47. The van der Waals surface area contributed by atoms with Crippen molar-refractivity contribution < 1.29 is 9.53 Å². The van der Waals surface area contributed by atoms with Gasteiger partial charge in [-0.2, -0.15) is 0 Å². The molecule has 2 N–H and O–H groups in total. The van der Waals surface area contributed by atoms with Crippen molar-refractivity contribution in [2.24, 2.45) is 0 Å². The van der Waals surface area contributed by atoms with E-state index in [0.29, 0.717) is 12.3 Å². The minimum Gasteiger partial charge on any atom is -0.481 e. The van der Waals surface area contributed by atoms with Crippen LogP contribution in [0.4, 0.5) is 0 Å². The Bertz CT molecular complexity index is 443. The smallest absolute Gasteiger partial charge is 0.261 e. The fraction of sp³-hybridized carbons (Fsp3) is 0.400. The van der Waals surface area contributed by atoms with Crippen LogP contribution in [0.3, 0.4) is 0 Å². The van der Waals surface area contributed by atoms with Crippen LogP contribution in [0.15, 0.2) is 42.0 Å². The molecule has 0 saturated carbocycles. The lowest BCUT2D eigenvalue weighted by molar-refractivity contribution is -0.127. The quantitative estimate of drug-likeness (QED) is 0.789. The summed E-state index contributed by atoms with van der Waals surface area (Å²) in [4.78, 5) is 11.9. The van der Waals surface area contributed by atoms with Gasteiger partial charge in [0.1, 0.15) is 5.75 Å². The summed E-state index contributed by atoms with van der Waals surface area (Å²) >= 11 is 0. The molecule has 1 aromatic rings. The van der Waals surface area contributed by atoms with Crippen molar-refractivity contribution in [3.05, 3.63) is 42.0 Å². The van der Waals surface area contributed by atoms with E-state index in [1.54, 1.807) is 6.92 Å². The molecule has 0 saturated heterocycles. The van der Waals surface area contributed by atoms with Crippen molar-refractivity contribution in [3.63, 3.8) is 0 Å². The molecule has 4 nitrogen and oxygen atoms in total. The fourth-order valence-electron chi connectivity index (χ4n) is 1.93. The van der Waals surface area contributed by atoms with E-state index in [1.807, 2.05) is 30.3 Å². The molecule has 1 unspecified atom stereocenters. The van der Waals surface area contributed by atoms with Gasteiger partial charge in [0.15, 0.2) is 6.10 Å². The molecule has 1 heterocycles. The topological polar surface area (TPSA) is 50.4 Å². The largest absolute Gasteiger partial charge is 0.481 e. The van der Waals surface area contributed by atoms with E-state index in [0.717, 1.165) is 19.5 Å². The molecule has 4 heteroatoms. The Balaban J connectivity index is 1.77. The SMILES string of the molecule is CC(Oc1ccccc1)C(=O)NCC1=CCNCC1. The van der Waals surface area contributed by atoms with Gasteiger partial charge in [0.05, 0.1) is 0 Å². The van der Waals surface area contributed by atoms with E-state index in [2.05, 4.69) is 16.7 Å². The number of carbonyl (C=O) groups excluding carboxylic acids is 1. The summed E-state index contributed by atoms with van der Waals surface area (Å²) in [6.45, 7) is 4.25. The van der Waals surface area contributed by atoms with Gasteiger partial charge in [-0.15, -0.1) is 0 Å². The highest BCUT2D eigenvalue weighted by molar-refractivity contribution is 5.80. The summed E-state index contributed by atoms with van der Waals surface area (Å²) in [5.74, 6) is 0.634. The van der Waals surface area contributed by atoms with Crippen LogP contribution in [0.25, 0.3) is 0 Å². The summed E-state index contributed by atoms with van der Waals surface area (Å²) in [5.41, 5.74) is 1.28. The number of ether oxygens (including phenoxy) is 1. The van der Waals surface area contributed by atoms with Gasteiger partial charge in [-0.3, -0.25) is 4.79 Å². The molecule has 1 amide bonds. The van der Waals surface area contributed by atoms with Crippen LogP contribution in [0, 0.1) is 0 Å². The van der Waals surface area contributed by atoms with Gasteiger partial charge in [-0.25, -0.2) is 0 Å². The molecule has 1 aliphatic rings. The van der Waals surface area contributed by atoms with Crippen molar-refractivity contribution in [1.82, 2.24) is 10.6 Å². The molecule has 0 aliphatic carbocycles. The maximum atomic E-state index is 11.9. The Hall–Kier alpha value is -1.81. The highest BCUT2D eigenvalue weighted by atomic mass is 16.5. The van der Waals surface area contributed by atoms with Crippen LogP contribution in [0.1, 0.15) is 13.3 Å². The first kappa shape index (κ1) is 13.6. The summed E-state index contributed by atoms with van der Waals surface area (Å²) in [6, 6.07) is 9.39. The molecular weight excluding hydrogens is 240 g/mol. The third-order valence-electron chi connectivity index (χ3n) is 3.07. The molecule has 1 atom stereocenters. The predicted octanol–water partition coefficient (Wildman–Crippen LogP) is 1.49. The van der Waals surface area contributed by atoms with Gasteiger partial charge in [0.25, 0.3) is 5.91 Å². The van der Waals surface area contributed by atoms with Crippen LogP contribution in [0.2, 0.25) is 0 Å². The maximum Gasteiger partial charge on any atom is 0.261 e. The number of benzene rings is 1. The van der Waals surface area contributed by atoms with Crippen LogP contribution >= 0.6 is 0 Å². The Morgan fingerprint density at radius 3 is 2.89 bits per heavy atom. The first-order valence-electron chi connectivity index (χ1n) is 6.64. The number of rotatable bonds is 5. The second kappa shape index (κ2) is 6.95. The van der Waals surface area contributed by atoms with E-state index in [4.69, 9.17) is 4.74 Å². The minimum atomic E-state index is -0.482. The number of hydrogen-bond acceptors (Lipinski definition) is 3. The Labute approximate surface area is 113 Å². The monoisotopic (exact) mass is 260 g/mol. The van der Waals surface area contributed by atoms with Crippen molar-refractivity contribution in [2.45, 2.75) is 19.4 Å². The molecule has 102 valence electrons. The first-order chi connectivity index (χ1) is 9.25. The van der Waals surface area contributed by atoms with Gasteiger partial charge in [0.2, 0.25) is 0 Å². The van der Waals surface area contributed by atoms with Gasteiger partial charge in [-0.1, -0.05) is 29.8 Å². The van der Waals surface area contributed by atoms with Crippen LogP contribution in [-0.2, 0) is 4.79 Å². The molecular formula is C15H20N2O2. The molecule has 2 rings (SSSR count). The standard InChI is InChI=1S/C15H20N2O2/c1-12(19-14-5-3-2-4-6-14)15(18)17-11-13-7-9-16-10-8-13/h2-7,12,16H,8-11H2,1H3,(H,17,18). The van der Waals surface area contributed by atoms with Gasteiger partial charge in [-0.05, 0) is 32.0 Å². The zero-order valence-electron chi connectivity index (χ0n) is 11.2. The van der Waals surface area contributed by atoms with E-state index < -0.39 is 6.10 Å². The van der Waals surface area contributed by atoms with E-state index in [-0.39, 0.29) is 5.91 Å². The molecule has 1 aliphatic heterocycles. The highest BCUT2D eigenvalue weighted by Gasteiger charge is 2.14. The predicted molar refractivity (Wildman–Crippen MR) is 75.1 cm³/mol. The van der Waals surface area contributed by atoms with Crippen molar-refractivity contribution in [1.29, 1.82) is 0 Å². The van der Waals surface area contributed by atoms with E-state index in [1.165, 1.54) is 5.57 Å². The Morgan fingerprint density at radius 2 is 2.21 bits per heavy atom. The first-order valence-corrected chi connectivity index (χ1v) is 6.64. The highest BCUT2D eigenvalue weighted by Crippen LogP contribution is 2.11. The molecule has 0 aromatic heterocycles. The van der Waals surface area contributed by atoms with Crippen molar-refractivity contribution in [3.8, 4) is 5.75 Å². The number of hydrogen-bond donors (Lipinski definition) is 2. The van der Waals surface area contributed by atoms with Crippen LogP contribution in [-0.4, -0.2) is 31.6 Å². The molecule has 0 radical (unpaired) electrons. The lowest BCUT2D eigenvalue weighted by atomic mass is 10.1. The normalized spacial score (nSPS) is 16.4.